The van der Waals surface area contributed by atoms with Crippen molar-refractivity contribution >= 4 is 23.9 Å². The third-order valence-electron chi connectivity index (χ3n) is 6.86. The van der Waals surface area contributed by atoms with Crippen molar-refractivity contribution in [3.8, 4) is 0 Å². The minimum Gasteiger partial charge on any atom is -0.465 e. The van der Waals surface area contributed by atoms with Crippen LogP contribution in [0.15, 0.2) is 12.7 Å². The Kier molecular flexibility index (Phi) is 44.6. The van der Waals surface area contributed by atoms with E-state index < -0.39 is 28.7 Å². The van der Waals surface area contributed by atoms with Gasteiger partial charge in [-0.05, 0) is 40.0 Å². The first-order valence-electron chi connectivity index (χ1n) is 14.8. The first kappa shape index (κ1) is 58.2. The van der Waals surface area contributed by atoms with Crippen LogP contribution in [0, 0.1) is 10.8 Å². The summed E-state index contributed by atoms with van der Waals surface area (Å²) < 4.78 is 20.7. The topological polar surface area (TPSA) is 105 Å². The highest BCUT2D eigenvalue weighted by Gasteiger charge is 2.42. The van der Waals surface area contributed by atoms with Gasteiger partial charge < -0.3 is 18.9 Å². The summed E-state index contributed by atoms with van der Waals surface area (Å²) in [5, 5.41) is 0. The molecule has 45 heavy (non-hydrogen) atoms. The van der Waals surface area contributed by atoms with Crippen molar-refractivity contribution in [2.45, 2.75) is 169 Å². The van der Waals surface area contributed by atoms with E-state index in [1.54, 1.807) is 13.8 Å². The van der Waals surface area contributed by atoms with Crippen LogP contribution < -0.4 is 0 Å². The van der Waals surface area contributed by atoms with E-state index in [-0.39, 0.29) is 89.6 Å². The maximum absolute atomic E-state index is 12.9. The Morgan fingerprint density at radius 2 is 1.00 bits per heavy atom. The monoisotopic (exact) mass is 651 g/mol. The number of hydrogen-bond donors (Lipinski definition) is 0. The fourth-order valence-corrected chi connectivity index (χ4v) is 4.30. The van der Waals surface area contributed by atoms with Crippen LogP contribution in [0.2, 0.25) is 0 Å². The van der Waals surface area contributed by atoms with Gasteiger partial charge in [-0.2, -0.15) is 0 Å². The molecular formula is C37H78O8. The van der Waals surface area contributed by atoms with E-state index in [9.17, 15) is 19.2 Å². The Morgan fingerprint density at radius 3 is 1.47 bits per heavy atom. The van der Waals surface area contributed by atoms with Crippen LogP contribution in [0.1, 0.15) is 169 Å². The molecule has 1 unspecified atom stereocenters. The van der Waals surface area contributed by atoms with Crippen LogP contribution in [-0.2, 0) is 38.1 Å². The average Bonchev–Trinajstić information content (AvgIpc) is 2.90. The SMILES string of the molecule is C.C.C.C.C.C.C=CCOC(=O)CCC(=O)OCCOC(=O)C(C)(C)CC(C)(CC)C(=O)OCCCCCCCCCCCC. The van der Waals surface area contributed by atoms with Gasteiger partial charge in [0.2, 0.25) is 0 Å². The molecule has 1 atom stereocenters. The van der Waals surface area contributed by atoms with Gasteiger partial charge in [0.1, 0.15) is 19.8 Å². The smallest absolute Gasteiger partial charge is 0.311 e. The third kappa shape index (κ3) is 28.8. The Labute approximate surface area is 280 Å². The Balaban J connectivity index is -0.000000481. The minimum atomic E-state index is -0.931. The fraction of sp³-hybridized carbons (Fsp3) is 0.838. The van der Waals surface area contributed by atoms with E-state index in [0.717, 1.165) is 19.3 Å². The van der Waals surface area contributed by atoms with Crippen LogP contribution in [0.3, 0.4) is 0 Å². The molecule has 0 fully saturated rings. The standard InChI is InChI=1S/C31H54O8.6CH4/c1-7-10-11-12-13-14-15-16-17-18-22-38-29(35)31(6,9-3)25-30(4,5)28(34)39-24-23-37-27(33)20-19-26(32)36-21-8-2;;;;;;/h8H,2,7,9-25H2,1,3-6H3;6*1H4. The molecule has 8 heteroatoms. The van der Waals surface area contributed by atoms with Crippen molar-refractivity contribution in [3.05, 3.63) is 12.7 Å². The van der Waals surface area contributed by atoms with Gasteiger partial charge in [-0.15, -0.1) is 0 Å². The lowest BCUT2D eigenvalue weighted by molar-refractivity contribution is -0.165. The number of carbonyl (C=O) groups excluding carboxylic acids is 4. The molecule has 0 spiro atoms. The fourth-order valence-electron chi connectivity index (χ4n) is 4.30. The number of carbonyl (C=O) groups is 4. The molecule has 0 aliphatic heterocycles. The molecule has 0 heterocycles. The molecule has 274 valence electrons. The van der Waals surface area contributed by atoms with Crippen molar-refractivity contribution in [2.75, 3.05) is 26.4 Å². The van der Waals surface area contributed by atoms with E-state index in [2.05, 4.69) is 13.5 Å². The Bertz CT molecular complexity index is 732. The summed E-state index contributed by atoms with van der Waals surface area (Å²) in [7, 11) is 0. The van der Waals surface area contributed by atoms with Gasteiger partial charge in [-0.3, -0.25) is 19.2 Å². The molecule has 0 bridgehead atoms. The van der Waals surface area contributed by atoms with Crippen molar-refractivity contribution in [2.24, 2.45) is 10.8 Å². The van der Waals surface area contributed by atoms with Crippen LogP contribution in [-0.4, -0.2) is 50.3 Å². The van der Waals surface area contributed by atoms with Crippen molar-refractivity contribution in [1.29, 1.82) is 0 Å². The number of unbranched alkanes of at least 4 members (excludes halogenated alkanes) is 9. The molecule has 0 saturated heterocycles. The molecule has 8 nitrogen and oxygen atoms in total. The summed E-state index contributed by atoms with van der Waals surface area (Å²) in [5.41, 5.74) is -1.74. The largest absolute Gasteiger partial charge is 0.465 e. The Hall–Kier alpha value is -2.38. The van der Waals surface area contributed by atoms with E-state index >= 15 is 0 Å². The number of esters is 4. The predicted molar refractivity (Wildman–Crippen MR) is 192 cm³/mol. The minimum absolute atomic E-state index is 0. The molecular weight excluding hydrogens is 572 g/mol. The second-order valence-electron chi connectivity index (χ2n) is 11.1. The van der Waals surface area contributed by atoms with E-state index in [1.807, 2.05) is 13.8 Å². The molecule has 0 saturated carbocycles. The average molecular weight is 651 g/mol. The van der Waals surface area contributed by atoms with Gasteiger partial charge >= 0.3 is 23.9 Å². The zero-order chi connectivity index (χ0) is 29.6. The zero-order valence-corrected chi connectivity index (χ0v) is 25.3. The van der Waals surface area contributed by atoms with E-state index in [1.165, 1.54) is 51.0 Å². The Morgan fingerprint density at radius 1 is 0.578 bits per heavy atom. The van der Waals surface area contributed by atoms with Crippen molar-refractivity contribution in [3.63, 3.8) is 0 Å². The van der Waals surface area contributed by atoms with Gasteiger partial charge in [-0.25, -0.2) is 0 Å². The highest BCUT2D eigenvalue weighted by atomic mass is 16.6. The quantitative estimate of drug-likeness (QED) is 0.0440. The summed E-state index contributed by atoms with van der Waals surface area (Å²) in [6.45, 7) is 13.1. The first-order chi connectivity index (χ1) is 18.5. The number of rotatable bonds is 24. The summed E-state index contributed by atoms with van der Waals surface area (Å²) >= 11 is 0. The number of hydrogen-bond acceptors (Lipinski definition) is 8. The van der Waals surface area contributed by atoms with Crippen molar-refractivity contribution in [1.82, 2.24) is 0 Å². The van der Waals surface area contributed by atoms with Gasteiger partial charge in [0.25, 0.3) is 0 Å². The molecule has 0 aromatic rings. The van der Waals surface area contributed by atoms with Crippen LogP contribution in [0.4, 0.5) is 0 Å². The first-order valence-corrected chi connectivity index (χ1v) is 14.8. The van der Waals surface area contributed by atoms with Crippen LogP contribution >= 0.6 is 0 Å². The predicted octanol–water partition coefficient (Wildman–Crippen LogP) is 10.7. The maximum atomic E-state index is 12.9. The highest BCUT2D eigenvalue weighted by Crippen LogP contribution is 2.38. The second-order valence-corrected chi connectivity index (χ2v) is 11.1. The van der Waals surface area contributed by atoms with Gasteiger partial charge in [0, 0.05) is 0 Å². The second kappa shape index (κ2) is 34.5. The summed E-state index contributed by atoms with van der Waals surface area (Å²) in [5.74, 6) is -1.86. The molecule has 0 aromatic heterocycles. The lowest BCUT2D eigenvalue weighted by Crippen LogP contribution is -2.39. The summed E-state index contributed by atoms with van der Waals surface area (Å²) in [6, 6.07) is 0. The van der Waals surface area contributed by atoms with E-state index in [4.69, 9.17) is 18.9 Å². The van der Waals surface area contributed by atoms with Gasteiger partial charge in [0.15, 0.2) is 0 Å². The molecule has 0 rings (SSSR count). The molecule has 0 amide bonds. The van der Waals surface area contributed by atoms with Crippen LogP contribution in [0.25, 0.3) is 0 Å². The summed E-state index contributed by atoms with van der Waals surface area (Å²) in [6.07, 6.45) is 14.2. The normalized spacial score (nSPS) is 11.0. The zero-order valence-electron chi connectivity index (χ0n) is 25.3. The molecule has 0 aliphatic carbocycles. The van der Waals surface area contributed by atoms with E-state index in [0.29, 0.717) is 13.0 Å². The lowest BCUT2D eigenvalue weighted by Gasteiger charge is -2.33. The van der Waals surface area contributed by atoms with Crippen LogP contribution in [0.5, 0.6) is 0 Å². The highest BCUT2D eigenvalue weighted by molar-refractivity contribution is 5.80. The van der Waals surface area contributed by atoms with Gasteiger partial charge in [0.05, 0.1) is 30.3 Å². The molecule has 0 radical (unpaired) electrons. The lowest BCUT2D eigenvalue weighted by atomic mass is 9.72. The van der Waals surface area contributed by atoms with Gasteiger partial charge in [-0.1, -0.05) is 129 Å². The molecule has 0 aliphatic rings. The molecule has 0 N–H and O–H groups in total. The van der Waals surface area contributed by atoms with Crippen molar-refractivity contribution < 1.29 is 38.1 Å². The summed E-state index contributed by atoms with van der Waals surface area (Å²) in [4.78, 5) is 48.7. The third-order valence-corrected chi connectivity index (χ3v) is 6.86. The maximum Gasteiger partial charge on any atom is 0.311 e. The molecule has 0 aromatic carbocycles. The number of ether oxygens (including phenoxy) is 4.